The van der Waals surface area contributed by atoms with Crippen LogP contribution in [0, 0.1) is 6.92 Å². The summed E-state index contributed by atoms with van der Waals surface area (Å²) < 4.78 is 0. The average molecular weight is 392 g/mol. The van der Waals surface area contributed by atoms with Crippen LogP contribution in [0.25, 0.3) is 21.3 Å². The third kappa shape index (κ3) is 3.12. The summed E-state index contributed by atoms with van der Waals surface area (Å²) in [6.45, 7) is 5.41. The number of benzene rings is 1. The number of halogens is 2. The van der Waals surface area contributed by atoms with Gasteiger partial charge in [-0.1, -0.05) is 23.7 Å². The third-order valence-corrected chi connectivity index (χ3v) is 6.31. The number of hydrogen-bond acceptors (Lipinski definition) is 4. The molecule has 3 aromatic rings. The topological polar surface area (TPSA) is 29.0 Å². The molecule has 0 saturated carbocycles. The van der Waals surface area contributed by atoms with Crippen molar-refractivity contribution in [2.24, 2.45) is 0 Å². The van der Waals surface area contributed by atoms with Crippen molar-refractivity contribution in [3.05, 3.63) is 39.4 Å². The molecule has 1 saturated heterocycles. The van der Waals surface area contributed by atoms with Crippen molar-refractivity contribution in [1.82, 2.24) is 9.97 Å². The fourth-order valence-electron chi connectivity index (χ4n) is 3.65. The molecule has 4 rings (SSSR count). The van der Waals surface area contributed by atoms with Gasteiger partial charge in [-0.3, -0.25) is 0 Å². The van der Waals surface area contributed by atoms with Gasteiger partial charge in [0, 0.05) is 28.0 Å². The molecule has 1 unspecified atom stereocenters. The zero-order valence-corrected chi connectivity index (χ0v) is 16.5. The first-order valence-electron chi connectivity index (χ1n) is 8.54. The molecule has 1 fully saturated rings. The van der Waals surface area contributed by atoms with Crippen LogP contribution in [-0.2, 0) is 0 Å². The minimum absolute atomic E-state index is 0.323. The molecule has 0 radical (unpaired) electrons. The fourth-order valence-corrected chi connectivity index (χ4v) is 5.03. The first kappa shape index (κ1) is 17.1. The quantitative estimate of drug-likeness (QED) is 0.476. The van der Waals surface area contributed by atoms with Crippen molar-refractivity contribution < 1.29 is 0 Å². The smallest absolute Gasteiger partial charge is 0.225 e. The molecule has 0 N–H and O–H groups in total. The minimum Gasteiger partial charge on any atom is -0.353 e. The Morgan fingerprint density at radius 2 is 1.88 bits per heavy atom. The molecule has 0 aliphatic carbocycles. The summed E-state index contributed by atoms with van der Waals surface area (Å²) in [5, 5.41) is 2.18. The number of piperidine rings is 1. The van der Waals surface area contributed by atoms with E-state index in [0.717, 1.165) is 33.2 Å². The molecule has 1 aliphatic heterocycles. The maximum absolute atomic E-state index is 6.26. The lowest BCUT2D eigenvalue weighted by Crippen LogP contribution is -2.38. The average Bonchev–Trinajstić information content (AvgIpc) is 2.91. The van der Waals surface area contributed by atoms with E-state index in [4.69, 9.17) is 23.2 Å². The Balaban J connectivity index is 1.97. The third-order valence-electron chi connectivity index (χ3n) is 4.89. The van der Waals surface area contributed by atoms with Gasteiger partial charge >= 0.3 is 0 Å². The number of fused-ring (bicyclic) bond motifs is 1. The van der Waals surface area contributed by atoms with E-state index in [1.807, 2.05) is 12.1 Å². The highest BCUT2D eigenvalue weighted by molar-refractivity contribution is 7.19. The Morgan fingerprint density at radius 1 is 1.12 bits per heavy atom. The van der Waals surface area contributed by atoms with Gasteiger partial charge in [0.2, 0.25) is 5.28 Å². The number of nitrogens with zero attached hydrogens (tertiary/aromatic N) is 3. The summed E-state index contributed by atoms with van der Waals surface area (Å²) in [6.07, 6.45) is 3.64. The van der Waals surface area contributed by atoms with E-state index in [1.54, 1.807) is 11.3 Å². The van der Waals surface area contributed by atoms with E-state index in [0.29, 0.717) is 11.3 Å². The highest BCUT2D eigenvalue weighted by Gasteiger charge is 2.26. The molecule has 0 spiro atoms. The summed E-state index contributed by atoms with van der Waals surface area (Å²) in [6, 6.07) is 8.45. The molecule has 0 amide bonds. The summed E-state index contributed by atoms with van der Waals surface area (Å²) >= 11 is 14.0. The van der Waals surface area contributed by atoms with Gasteiger partial charge in [0.15, 0.2) is 0 Å². The van der Waals surface area contributed by atoms with Gasteiger partial charge in [-0.25, -0.2) is 4.98 Å². The van der Waals surface area contributed by atoms with Crippen molar-refractivity contribution in [3.8, 4) is 11.1 Å². The second-order valence-corrected chi connectivity index (χ2v) is 8.55. The molecule has 2 aromatic heterocycles. The van der Waals surface area contributed by atoms with Crippen molar-refractivity contribution >= 4 is 50.6 Å². The van der Waals surface area contributed by atoms with Gasteiger partial charge in [-0.05, 0) is 62.4 Å². The first-order chi connectivity index (χ1) is 12.0. The molecule has 1 aromatic carbocycles. The van der Waals surface area contributed by atoms with Crippen LogP contribution in [0.2, 0.25) is 10.3 Å². The standard InChI is InChI=1S/C19H19Cl2N3S/c1-11-5-3-4-10-24(11)17-16-15(13-6-8-14(20)9-7-13)12(2)25-18(16)23-19(21)22-17/h6-9,11H,3-5,10H2,1-2H3. The molecule has 0 bridgehead atoms. The van der Waals surface area contributed by atoms with Crippen LogP contribution in [0.4, 0.5) is 5.82 Å². The highest BCUT2D eigenvalue weighted by Crippen LogP contribution is 2.43. The van der Waals surface area contributed by atoms with Crippen molar-refractivity contribution in [3.63, 3.8) is 0 Å². The summed E-state index contributed by atoms with van der Waals surface area (Å²) in [7, 11) is 0. The van der Waals surface area contributed by atoms with Crippen molar-refractivity contribution in [1.29, 1.82) is 0 Å². The normalized spacial score (nSPS) is 18.1. The number of rotatable bonds is 2. The monoisotopic (exact) mass is 391 g/mol. The van der Waals surface area contributed by atoms with Crippen LogP contribution in [0.3, 0.4) is 0 Å². The number of aryl methyl sites for hydroxylation is 1. The van der Waals surface area contributed by atoms with Gasteiger partial charge in [0.05, 0.1) is 5.39 Å². The highest BCUT2D eigenvalue weighted by atomic mass is 35.5. The van der Waals surface area contributed by atoms with Crippen LogP contribution in [0.5, 0.6) is 0 Å². The predicted molar refractivity (Wildman–Crippen MR) is 108 cm³/mol. The molecule has 1 aliphatic rings. The van der Waals surface area contributed by atoms with E-state index < -0.39 is 0 Å². The van der Waals surface area contributed by atoms with Gasteiger partial charge in [-0.2, -0.15) is 4.98 Å². The largest absolute Gasteiger partial charge is 0.353 e. The van der Waals surface area contributed by atoms with Crippen molar-refractivity contribution in [2.45, 2.75) is 39.2 Å². The number of hydrogen-bond donors (Lipinski definition) is 0. The Morgan fingerprint density at radius 3 is 2.60 bits per heavy atom. The second kappa shape index (κ2) is 6.75. The second-order valence-electron chi connectivity index (χ2n) is 6.57. The summed E-state index contributed by atoms with van der Waals surface area (Å²) in [5.74, 6) is 0.969. The zero-order chi connectivity index (χ0) is 17.6. The SMILES string of the molecule is Cc1sc2nc(Cl)nc(N3CCCCC3C)c2c1-c1ccc(Cl)cc1. The lowest BCUT2D eigenvalue weighted by molar-refractivity contribution is 0.482. The Bertz CT molecular complexity index is 921. The van der Waals surface area contributed by atoms with Gasteiger partial charge < -0.3 is 4.90 Å². The van der Waals surface area contributed by atoms with E-state index >= 15 is 0 Å². The Kier molecular flexibility index (Phi) is 4.61. The number of thiophene rings is 1. The maximum atomic E-state index is 6.26. The molecular formula is C19H19Cl2N3S. The Hall–Kier alpha value is -1.36. The van der Waals surface area contributed by atoms with Crippen LogP contribution in [0.15, 0.2) is 24.3 Å². The minimum atomic E-state index is 0.323. The van der Waals surface area contributed by atoms with Crippen molar-refractivity contribution in [2.75, 3.05) is 11.4 Å². The van der Waals surface area contributed by atoms with Gasteiger partial charge in [0.25, 0.3) is 0 Å². The maximum Gasteiger partial charge on any atom is 0.225 e. The molecular weight excluding hydrogens is 373 g/mol. The lowest BCUT2D eigenvalue weighted by Gasteiger charge is -2.35. The van der Waals surface area contributed by atoms with Crippen LogP contribution >= 0.6 is 34.5 Å². The first-order valence-corrected chi connectivity index (χ1v) is 10.1. The molecule has 25 heavy (non-hydrogen) atoms. The molecule has 3 heterocycles. The fraction of sp³-hybridized carbons (Fsp3) is 0.368. The Labute approximate surface area is 161 Å². The number of aromatic nitrogens is 2. The summed E-state index contributed by atoms with van der Waals surface area (Å²) in [4.78, 5) is 13.7. The molecule has 3 nitrogen and oxygen atoms in total. The molecule has 6 heteroatoms. The van der Waals surface area contributed by atoms with Crippen LogP contribution < -0.4 is 4.90 Å². The van der Waals surface area contributed by atoms with E-state index in [9.17, 15) is 0 Å². The van der Waals surface area contributed by atoms with Gasteiger partial charge in [0.1, 0.15) is 10.6 Å². The van der Waals surface area contributed by atoms with E-state index in [2.05, 4.69) is 40.8 Å². The van der Waals surface area contributed by atoms with Crippen LogP contribution in [-0.4, -0.2) is 22.6 Å². The van der Waals surface area contributed by atoms with Crippen LogP contribution in [0.1, 0.15) is 31.1 Å². The number of anilines is 1. The lowest BCUT2D eigenvalue weighted by atomic mass is 10.0. The molecule has 130 valence electrons. The van der Waals surface area contributed by atoms with E-state index in [1.165, 1.54) is 29.7 Å². The van der Waals surface area contributed by atoms with E-state index in [-0.39, 0.29) is 0 Å². The predicted octanol–water partition coefficient (Wildman–Crippen LogP) is 6.35. The molecule has 1 atom stereocenters. The van der Waals surface area contributed by atoms with Gasteiger partial charge in [-0.15, -0.1) is 11.3 Å². The zero-order valence-electron chi connectivity index (χ0n) is 14.2. The summed E-state index contributed by atoms with van der Waals surface area (Å²) in [5.41, 5.74) is 2.34.